The normalized spacial score (nSPS) is 11.9. The summed E-state index contributed by atoms with van der Waals surface area (Å²) in [5, 5.41) is 16.6. The fourth-order valence-corrected chi connectivity index (χ4v) is 3.55. The number of carbonyl (C=O) groups excluding carboxylic acids is 1. The van der Waals surface area contributed by atoms with Crippen molar-refractivity contribution in [3.63, 3.8) is 0 Å². The highest BCUT2D eigenvalue weighted by Crippen LogP contribution is 2.33. The van der Waals surface area contributed by atoms with Gasteiger partial charge in [0.15, 0.2) is 17.0 Å². The van der Waals surface area contributed by atoms with Crippen LogP contribution < -0.4 is 5.32 Å². The van der Waals surface area contributed by atoms with E-state index in [2.05, 4.69) is 15.4 Å². The lowest BCUT2D eigenvalue weighted by atomic mass is 9.99. The molecule has 2 aromatic carbocycles. The van der Waals surface area contributed by atoms with Crippen LogP contribution >= 0.6 is 0 Å². The monoisotopic (exact) mass is 472 g/mol. The van der Waals surface area contributed by atoms with Crippen molar-refractivity contribution in [3.05, 3.63) is 76.9 Å². The van der Waals surface area contributed by atoms with Crippen LogP contribution in [0.5, 0.6) is 5.75 Å². The number of carbonyl (C=O) groups is 1. The number of aromatic nitrogens is 3. The summed E-state index contributed by atoms with van der Waals surface area (Å²) in [6.45, 7) is 5.43. The Labute approximate surface area is 191 Å². The van der Waals surface area contributed by atoms with Gasteiger partial charge in [-0.05, 0) is 66.4 Å². The number of phenols is 1. The smallest absolute Gasteiger partial charge is 0.433 e. The number of halogens is 4. The van der Waals surface area contributed by atoms with Crippen molar-refractivity contribution in [1.29, 1.82) is 0 Å². The van der Waals surface area contributed by atoms with Crippen LogP contribution in [0.1, 0.15) is 47.1 Å². The minimum atomic E-state index is -4.78. The molecule has 0 saturated heterocycles. The number of aromatic hydroxyl groups is 1. The molecular formula is C24H20F4N4O2. The first-order chi connectivity index (χ1) is 15.9. The number of fused-ring (bicyclic) bond motifs is 1. The van der Waals surface area contributed by atoms with Gasteiger partial charge in [-0.3, -0.25) is 4.79 Å². The lowest BCUT2D eigenvalue weighted by Crippen LogP contribution is -2.16. The van der Waals surface area contributed by atoms with Gasteiger partial charge in [0.1, 0.15) is 11.6 Å². The first-order valence-corrected chi connectivity index (χ1v) is 10.3. The number of alkyl halides is 3. The standard InChI is InChI=1S/C24H20F4N4O2/c1-12(2)16-9-17(13(3)8-20(16)33)30-23(34)19-11-22-29-18(14-4-6-15(25)7-5-14)10-21(24(26,27)28)32(22)31-19/h4-12,33H,1-3H3,(H,30,34). The molecule has 0 unspecified atom stereocenters. The number of phenolic OH excluding ortho intramolecular Hbond substituents is 1. The molecule has 4 aromatic rings. The summed E-state index contributed by atoms with van der Waals surface area (Å²) in [5.74, 6) is -1.19. The third kappa shape index (κ3) is 4.43. The van der Waals surface area contributed by atoms with E-state index in [4.69, 9.17) is 0 Å². The number of anilines is 1. The van der Waals surface area contributed by atoms with E-state index in [1.165, 1.54) is 18.2 Å². The van der Waals surface area contributed by atoms with Gasteiger partial charge in [0.05, 0.1) is 5.69 Å². The van der Waals surface area contributed by atoms with Crippen LogP contribution in [-0.2, 0) is 6.18 Å². The minimum absolute atomic E-state index is 0.0186. The lowest BCUT2D eigenvalue weighted by Gasteiger charge is -2.14. The molecule has 0 aliphatic heterocycles. The van der Waals surface area contributed by atoms with Crippen molar-refractivity contribution in [2.75, 3.05) is 5.32 Å². The summed E-state index contributed by atoms with van der Waals surface area (Å²) in [5.41, 5.74) is 0.244. The molecule has 0 aliphatic carbocycles. The number of benzene rings is 2. The maximum absolute atomic E-state index is 13.8. The Bertz CT molecular complexity index is 1390. The SMILES string of the molecule is Cc1cc(O)c(C(C)C)cc1NC(=O)c1cc2nc(-c3ccc(F)cc3)cc(C(F)(F)F)n2n1. The summed E-state index contributed by atoms with van der Waals surface area (Å²) < 4.78 is 55.1. The van der Waals surface area contributed by atoms with Crippen LogP contribution in [0.4, 0.5) is 23.2 Å². The molecule has 0 atom stereocenters. The first kappa shape index (κ1) is 23.2. The van der Waals surface area contributed by atoms with Gasteiger partial charge >= 0.3 is 6.18 Å². The van der Waals surface area contributed by atoms with Crippen LogP contribution in [-0.4, -0.2) is 25.6 Å². The molecule has 0 bridgehead atoms. The lowest BCUT2D eigenvalue weighted by molar-refractivity contribution is -0.142. The van der Waals surface area contributed by atoms with E-state index in [1.54, 1.807) is 13.0 Å². The predicted molar refractivity (Wildman–Crippen MR) is 118 cm³/mol. The van der Waals surface area contributed by atoms with Gasteiger partial charge in [-0.1, -0.05) is 13.8 Å². The molecule has 6 nitrogen and oxygen atoms in total. The van der Waals surface area contributed by atoms with E-state index < -0.39 is 23.6 Å². The molecule has 34 heavy (non-hydrogen) atoms. The largest absolute Gasteiger partial charge is 0.508 e. The van der Waals surface area contributed by atoms with E-state index in [-0.39, 0.29) is 34.3 Å². The maximum atomic E-state index is 13.8. The van der Waals surface area contributed by atoms with E-state index in [0.717, 1.165) is 24.3 Å². The highest BCUT2D eigenvalue weighted by molar-refractivity contribution is 6.04. The Morgan fingerprint density at radius 3 is 2.38 bits per heavy atom. The molecule has 10 heteroatoms. The zero-order chi connectivity index (χ0) is 24.8. The molecule has 0 saturated carbocycles. The van der Waals surface area contributed by atoms with Gasteiger partial charge in [0, 0.05) is 17.3 Å². The molecular weight excluding hydrogens is 452 g/mol. The van der Waals surface area contributed by atoms with Crippen molar-refractivity contribution in [3.8, 4) is 17.0 Å². The van der Waals surface area contributed by atoms with E-state index >= 15 is 0 Å². The number of aryl methyl sites for hydroxylation is 1. The number of amides is 1. The number of nitrogens with zero attached hydrogens (tertiary/aromatic N) is 3. The highest BCUT2D eigenvalue weighted by atomic mass is 19.4. The van der Waals surface area contributed by atoms with Gasteiger partial charge in [-0.15, -0.1) is 0 Å². The third-order valence-corrected chi connectivity index (χ3v) is 5.33. The van der Waals surface area contributed by atoms with Crippen LogP contribution in [0.25, 0.3) is 16.9 Å². The molecule has 2 aromatic heterocycles. The second-order valence-electron chi connectivity index (χ2n) is 8.17. The van der Waals surface area contributed by atoms with Gasteiger partial charge in [-0.2, -0.15) is 18.3 Å². The average Bonchev–Trinajstić information content (AvgIpc) is 3.18. The molecule has 0 spiro atoms. The molecule has 4 rings (SSSR count). The Kier molecular flexibility index (Phi) is 5.76. The van der Waals surface area contributed by atoms with Gasteiger partial charge < -0.3 is 10.4 Å². The third-order valence-electron chi connectivity index (χ3n) is 5.33. The van der Waals surface area contributed by atoms with Crippen LogP contribution in [0, 0.1) is 12.7 Å². The fourth-order valence-electron chi connectivity index (χ4n) is 3.55. The molecule has 0 radical (unpaired) electrons. The van der Waals surface area contributed by atoms with Crippen LogP contribution in [0.3, 0.4) is 0 Å². The van der Waals surface area contributed by atoms with Crippen molar-refractivity contribution >= 4 is 17.2 Å². The summed E-state index contributed by atoms with van der Waals surface area (Å²) in [4.78, 5) is 17.0. The summed E-state index contributed by atoms with van der Waals surface area (Å²) in [7, 11) is 0. The number of nitrogens with one attached hydrogen (secondary N) is 1. The second-order valence-corrected chi connectivity index (χ2v) is 8.17. The number of rotatable bonds is 4. The molecule has 1 amide bonds. The van der Waals surface area contributed by atoms with E-state index in [9.17, 15) is 27.5 Å². The molecule has 2 N–H and O–H groups in total. The Balaban J connectivity index is 1.76. The summed E-state index contributed by atoms with van der Waals surface area (Å²) in [6, 6.07) is 9.95. The second kappa shape index (κ2) is 8.44. The Morgan fingerprint density at radius 1 is 1.09 bits per heavy atom. The van der Waals surface area contributed by atoms with Gasteiger partial charge in [0.2, 0.25) is 0 Å². The average molecular weight is 472 g/mol. The van der Waals surface area contributed by atoms with Crippen LogP contribution in [0.15, 0.2) is 48.5 Å². The van der Waals surface area contributed by atoms with Crippen molar-refractivity contribution in [2.24, 2.45) is 0 Å². The molecule has 176 valence electrons. The minimum Gasteiger partial charge on any atom is -0.508 e. The molecule has 0 aliphatic rings. The highest BCUT2D eigenvalue weighted by Gasteiger charge is 2.35. The molecule has 2 heterocycles. The molecule has 0 fully saturated rings. The fraction of sp³-hybridized carbons (Fsp3) is 0.208. The van der Waals surface area contributed by atoms with Crippen molar-refractivity contribution in [2.45, 2.75) is 32.9 Å². The quantitative estimate of drug-likeness (QED) is 0.284. The van der Waals surface area contributed by atoms with Crippen molar-refractivity contribution < 1.29 is 27.5 Å². The van der Waals surface area contributed by atoms with E-state index in [1.807, 2.05) is 13.8 Å². The maximum Gasteiger partial charge on any atom is 0.433 e. The Morgan fingerprint density at radius 2 is 1.76 bits per heavy atom. The Hall–Kier alpha value is -3.95. The summed E-state index contributed by atoms with van der Waals surface area (Å²) >= 11 is 0. The van der Waals surface area contributed by atoms with Gasteiger partial charge in [-0.25, -0.2) is 13.9 Å². The number of hydrogen-bond acceptors (Lipinski definition) is 4. The predicted octanol–water partition coefficient (Wildman–Crippen LogP) is 5.94. The topological polar surface area (TPSA) is 79.5 Å². The van der Waals surface area contributed by atoms with Crippen molar-refractivity contribution in [1.82, 2.24) is 14.6 Å². The first-order valence-electron chi connectivity index (χ1n) is 10.3. The zero-order valence-electron chi connectivity index (χ0n) is 18.4. The van der Waals surface area contributed by atoms with E-state index in [0.29, 0.717) is 21.3 Å². The van der Waals surface area contributed by atoms with Gasteiger partial charge in [0.25, 0.3) is 5.91 Å². The van der Waals surface area contributed by atoms with Crippen LogP contribution in [0.2, 0.25) is 0 Å². The number of hydrogen-bond donors (Lipinski definition) is 2. The zero-order valence-corrected chi connectivity index (χ0v) is 18.4. The summed E-state index contributed by atoms with van der Waals surface area (Å²) in [6.07, 6.45) is -4.78.